The molecule has 0 unspecified atom stereocenters. The first-order valence-electron chi connectivity index (χ1n) is 10.7. The standard InChI is InChI=1S/C22H25ClF3N5O2/c1-4-30-13-16(9-27-30)12-29-10-14(2)31(21(29)32)19-8-17(28-5-6-33-15(3)11-28)7-18(20(19)23)22(24,25)26/h7-10,13,15H,4-6,11-12H2,1-3H3/t15-/m1/s1. The molecule has 3 heterocycles. The Kier molecular flexibility index (Phi) is 6.32. The van der Waals surface area contributed by atoms with E-state index in [4.69, 9.17) is 16.3 Å². The van der Waals surface area contributed by atoms with Crippen LogP contribution in [0.25, 0.3) is 5.69 Å². The highest BCUT2D eigenvalue weighted by Crippen LogP contribution is 2.40. The molecule has 4 rings (SSSR count). The number of benzene rings is 1. The molecule has 178 valence electrons. The van der Waals surface area contributed by atoms with Crippen LogP contribution in [-0.4, -0.2) is 44.7 Å². The van der Waals surface area contributed by atoms with Gasteiger partial charge in [0.05, 0.1) is 41.7 Å². The molecule has 2 aromatic heterocycles. The highest BCUT2D eigenvalue weighted by molar-refractivity contribution is 6.33. The minimum absolute atomic E-state index is 0.00569. The van der Waals surface area contributed by atoms with E-state index in [1.165, 1.54) is 9.13 Å². The summed E-state index contributed by atoms with van der Waals surface area (Å²) < 4.78 is 51.5. The zero-order valence-corrected chi connectivity index (χ0v) is 19.3. The van der Waals surface area contributed by atoms with Crippen LogP contribution in [0.5, 0.6) is 0 Å². The molecule has 0 bridgehead atoms. The lowest BCUT2D eigenvalue weighted by molar-refractivity contribution is -0.137. The number of hydrogen-bond acceptors (Lipinski definition) is 4. The maximum absolute atomic E-state index is 13.9. The fraction of sp³-hybridized carbons (Fsp3) is 0.455. The highest BCUT2D eigenvalue weighted by Gasteiger charge is 2.36. The summed E-state index contributed by atoms with van der Waals surface area (Å²) in [6.45, 7) is 7.71. The van der Waals surface area contributed by atoms with E-state index in [1.807, 2.05) is 24.9 Å². The predicted molar refractivity (Wildman–Crippen MR) is 119 cm³/mol. The van der Waals surface area contributed by atoms with Gasteiger partial charge in [-0.05, 0) is 32.9 Å². The van der Waals surface area contributed by atoms with Gasteiger partial charge in [-0.3, -0.25) is 13.8 Å². The molecule has 7 nitrogen and oxygen atoms in total. The lowest BCUT2D eigenvalue weighted by Crippen LogP contribution is -2.41. The van der Waals surface area contributed by atoms with Gasteiger partial charge in [0.15, 0.2) is 0 Å². The average Bonchev–Trinajstić information content (AvgIpc) is 3.31. The Hall–Kier alpha value is -2.72. The van der Waals surface area contributed by atoms with Gasteiger partial charge in [-0.15, -0.1) is 0 Å². The fourth-order valence-corrected chi connectivity index (χ4v) is 4.38. The average molecular weight is 484 g/mol. The van der Waals surface area contributed by atoms with E-state index in [-0.39, 0.29) is 18.3 Å². The van der Waals surface area contributed by atoms with E-state index in [0.29, 0.717) is 37.6 Å². The van der Waals surface area contributed by atoms with Gasteiger partial charge in [0.1, 0.15) is 0 Å². The molecule has 1 aromatic carbocycles. The van der Waals surface area contributed by atoms with Crippen LogP contribution < -0.4 is 10.6 Å². The third-order valence-electron chi connectivity index (χ3n) is 5.69. The number of morpholine rings is 1. The Labute approximate surface area is 193 Å². The summed E-state index contributed by atoms with van der Waals surface area (Å²) in [5, 5.41) is 3.70. The van der Waals surface area contributed by atoms with Gasteiger partial charge >= 0.3 is 11.9 Å². The molecular weight excluding hydrogens is 459 g/mol. The minimum Gasteiger partial charge on any atom is -0.375 e. The molecule has 0 spiro atoms. The number of alkyl halides is 3. The number of ether oxygens (including phenoxy) is 1. The van der Waals surface area contributed by atoms with E-state index in [9.17, 15) is 18.0 Å². The second-order valence-electron chi connectivity index (χ2n) is 8.17. The third-order valence-corrected chi connectivity index (χ3v) is 6.08. The van der Waals surface area contributed by atoms with Crippen LogP contribution in [0.2, 0.25) is 5.02 Å². The van der Waals surface area contributed by atoms with E-state index < -0.39 is 22.5 Å². The number of rotatable bonds is 5. The zero-order valence-electron chi connectivity index (χ0n) is 18.6. The molecule has 0 saturated carbocycles. The van der Waals surface area contributed by atoms with Gasteiger partial charge in [-0.2, -0.15) is 18.3 Å². The second-order valence-corrected chi connectivity index (χ2v) is 8.55. The predicted octanol–water partition coefficient (Wildman–Crippen LogP) is 4.11. The van der Waals surface area contributed by atoms with Crippen molar-refractivity contribution in [2.75, 3.05) is 24.6 Å². The molecule has 1 atom stereocenters. The monoisotopic (exact) mass is 483 g/mol. The Morgan fingerprint density at radius 1 is 1.27 bits per heavy atom. The quantitative estimate of drug-likeness (QED) is 0.548. The van der Waals surface area contributed by atoms with Crippen molar-refractivity contribution < 1.29 is 17.9 Å². The summed E-state index contributed by atoms with van der Waals surface area (Å²) in [6.07, 6.45) is 0.306. The maximum atomic E-state index is 13.9. The van der Waals surface area contributed by atoms with Gasteiger partial charge < -0.3 is 9.64 Å². The van der Waals surface area contributed by atoms with Gasteiger partial charge in [0, 0.05) is 49.0 Å². The van der Waals surface area contributed by atoms with Crippen LogP contribution in [-0.2, 0) is 24.0 Å². The minimum atomic E-state index is -4.67. The first kappa shape index (κ1) is 23.4. The van der Waals surface area contributed by atoms with Crippen LogP contribution >= 0.6 is 11.6 Å². The van der Waals surface area contributed by atoms with Crippen molar-refractivity contribution in [2.45, 2.75) is 46.1 Å². The van der Waals surface area contributed by atoms with Crippen molar-refractivity contribution in [3.63, 3.8) is 0 Å². The SMILES string of the molecule is CCn1cc(Cn2cc(C)n(-c3cc(N4CCO[C@H](C)C4)cc(C(F)(F)F)c3Cl)c2=O)cn1. The summed E-state index contributed by atoms with van der Waals surface area (Å²) in [4.78, 5) is 15.1. The van der Waals surface area contributed by atoms with Crippen molar-refractivity contribution in [2.24, 2.45) is 0 Å². The molecule has 1 aliphatic rings. The molecule has 1 fully saturated rings. The maximum Gasteiger partial charge on any atom is 0.417 e. The summed E-state index contributed by atoms with van der Waals surface area (Å²) in [5.74, 6) is 0. The van der Waals surface area contributed by atoms with Gasteiger partial charge in [-0.1, -0.05) is 11.6 Å². The molecule has 1 saturated heterocycles. The molecule has 1 aliphatic heterocycles. The van der Waals surface area contributed by atoms with Crippen LogP contribution in [0.4, 0.5) is 18.9 Å². The summed E-state index contributed by atoms with van der Waals surface area (Å²) in [7, 11) is 0. The molecule has 0 radical (unpaired) electrons. The van der Waals surface area contributed by atoms with Crippen LogP contribution in [0.3, 0.4) is 0 Å². The lowest BCUT2D eigenvalue weighted by atomic mass is 10.1. The molecule has 0 amide bonds. The molecule has 0 aliphatic carbocycles. The molecular formula is C22H25ClF3N5O2. The molecule has 11 heteroatoms. The number of hydrogen-bond donors (Lipinski definition) is 0. The summed E-state index contributed by atoms with van der Waals surface area (Å²) >= 11 is 6.26. The van der Waals surface area contributed by atoms with E-state index in [0.717, 1.165) is 11.6 Å². The normalized spacial score (nSPS) is 17.1. The second kappa shape index (κ2) is 8.90. The van der Waals surface area contributed by atoms with Gasteiger partial charge in [0.25, 0.3) is 0 Å². The number of nitrogens with zero attached hydrogens (tertiary/aromatic N) is 5. The van der Waals surface area contributed by atoms with Gasteiger partial charge in [0.2, 0.25) is 0 Å². The number of imidazole rings is 1. The Morgan fingerprint density at radius 3 is 2.67 bits per heavy atom. The fourth-order valence-electron chi connectivity index (χ4n) is 4.08. The van der Waals surface area contributed by atoms with Gasteiger partial charge in [-0.25, -0.2) is 4.79 Å². The Bertz CT molecular complexity index is 1210. The Morgan fingerprint density at radius 2 is 2.03 bits per heavy atom. The number of aryl methyl sites for hydroxylation is 2. The number of anilines is 1. The number of aromatic nitrogens is 4. The van der Waals surface area contributed by atoms with Crippen molar-refractivity contribution in [1.29, 1.82) is 0 Å². The largest absolute Gasteiger partial charge is 0.417 e. The van der Waals surface area contributed by atoms with Crippen molar-refractivity contribution >= 4 is 17.3 Å². The van der Waals surface area contributed by atoms with Crippen molar-refractivity contribution in [1.82, 2.24) is 18.9 Å². The molecule has 33 heavy (non-hydrogen) atoms. The summed E-state index contributed by atoms with van der Waals surface area (Å²) in [6, 6.07) is 2.59. The van der Waals surface area contributed by atoms with E-state index in [1.54, 1.807) is 30.1 Å². The highest BCUT2D eigenvalue weighted by atomic mass is 35.5. The first-order valence-corrected chi connectivity index (χ1v) is 11.0. The van der Waals surface area contributed by atoms with Crippen LogP contribution in [0.15, 0.2) is 35.5 Å². The number of halogens is 4. The molecule has 0 N–H and O–H groups in total. The zero-order chi connectivity index (χ0) is 23.9. The summed E-state index contributed by atoms with van der Waals surface area (Å²) in [5.41, 5.74) is 0.198. The lowest BCUT2D eigenvalue weighted by Gasteiger charge is -2.33. The smallest absolute Gasteiger partial charge is 0.375 e. The van der Waals surface area contributed by atoms with Crippen molar-refractivity contribution in [3.8, 4) is 5.69 Å². The van der Waals surface area contributed by atoms with Crippen LogP contribution in [0.1, 0.15) is 30.7 Å². The van der Waals surface area contributed by atoms with Crippen LogP contribution in [0, 0.1) is 6.92 Å². The van der Waals surface area contributed by atoms with Crippen molar-refractivity contribution in [3.05, 3.63) is 63.1 Å². The van der Waals surface area contributed by atoms with E-state index in [2.05, 4.69) is 5.10 Å². The Balaban J connectivity index is 1.81. The molecule has 3 aromatic rings. The third kappa shape index (κ3) is 4.67. The van der Waals surface area contributed by atoms with E-state index >= 15 is 0 Å². The first-order chi connectivity index (χ1) is 15.6. The topological polar surface area (TPSA) is 57.2 Å².